The Kier molecular flexibility index (Phi) is 8.17. The number of nitrogens with zero attached hydrogens (tertiary/aromatic N) is 5. The summed E-state index contributed by atoms with van der Waals surface area (Å²) in [6.45, 7) is 5.92. The van der Waals surface area contributed by atoms with Gasteiger partial charge in [0.1, 0.15) is 5.70 Å². The molecule has 5 rings (SSSR count). The van der Waals surface area contributed by atoms with E-state index >= 15 is 0 Å². The van der Waals surface area contributed by atoms with Crippen LogP contribution in [0.3, 0.4) is 0 Å². The zero-order valence-electron chi connectivity index (χ0n) is 22.9. The third-order valence-electron chi connectivity index (χ3n) is 8.35. The first-order valence-electron chi connectivity index (χ1n) is 13.7. The average molecular weight is 576 g/mol. The van der Waals surface area contributed by atoms with Crippen LogP contribution in [0.15, 0.2) is 16.8 Å². The van der Waals surface area contributed by atoms with E-state index in [0.29, 0.717) is 43.2 Å². The zero-order valence-corrected chi connectivity index (χ0v) is 23.7. The minimum atomic E-state index is -1.14. The van der Waals surface area contributed by atoms with Crippen LogP contribution in [0, 0.1) is 11.8 Å². The van der Waals surface area contributed by atoms with Crippen LogP contribution in [0.5, 0.6) is 0 Å². The predicted molar refractivity (Wildman–Crippen MR) is 145 cm³/mol. The highest BCUT2D eigenvalue weighted by molar-refractivity contribution is 8.03. The van der Waals surface area contributed by atoms with E-state index in [2.05, 4.69) is 26.3 Å². The number of rotatable bonds is 10. The molecule has 40 heavy (non-hydrogen) atoms. The normalized spacial score (nSPS) is 30.4. The van der Waals surface area contributed by atoms with Crippen molar-refractivity contribution in [1.29, 1.82) is 0 Å². The summed E-state index contributed by atoms with van der Waals surface area (Å²) in [7, 11) is 1.67. The number of amides is 3. The van der Waals surface area contributed by atoms with E-state index in [0.717, 1.165) is 6.42 Å². The minimum absolute atomic E-state index is 0.0124. The molecule has 0 unspecified atom stereocenters. The molecule has 0 aliphatic carbocycles. The van der Waals surface area contributed by atoms with E-state index in [-0.39, 0.29) is 59.3 Å². The maximum Gasteiger partial charge on any atom is 0.353 e. The van der Waals surface area contributed by atoms with Gasteiger partial charge in [-0.2, -0.15) is 0 Å². The molecule has 4 aliphatic heterocycles. The number of β-lactam (4-membered cyclic amide) rings is 1. The molecule has 218 valence electrons. The predicted octanol–water partition coefficient (Wildman–Crippen LogP) is -1.53. The molecule has 7 atom stereocenters. The van der Waals surface area contributed by atoms with Crippen molar-refractivity contribution in [2.45, 2.75) is 62.7 Å². The Bertz CT molecular complexity index is 1220. The van der Waals surface area contributed by atoms with Crippen LogP contribution in [0.4, 0.5) is 0 Å². The van der Waals surface area contributed by atoms with Crippen molar-refractivity contribution in [2.75, 3.05) is 33.2 Å². The molecule has 0 aromatic carbocycles. The highest BCUT2D eigenvalue weighted by Crippen LogP contribution is 2.51. The number of carbonyl (C=O) groups is 4. The van der Waals surface area contributed by atoms with Crippen molar-refractivity contribution in [3.8, 4) is 0 Å². The number of likely N-dealkylation sites (N-methyl/N-ethyl adjacent to an activating group) is 1. The van der Waals surface area contributed by atoms with Crippen molar-refractivity contribution in [3.63, 3.8) is 0 Å². The second-order valence-corrected chi connectivity index (χ2v) is 12.3. The molecule has 1 aromatic rings. The molecule has 14 nitrogen and oxygen atoms in total. The van der Waals surface area contributed by atoms with Crippen molar-refractivity contribution in [1.82, 2.24) is 40.7 Å². The first kappa shape index (κ1) is 28.5. The summed E-state index contributed by atoms with van der Waals surface area (Å²) in [6, 6.07) is -1.04. The second-order valence-electron chi connectivity index (χ2n) is 11.0. The molecule has 1 aromatic heterocycles. The van der Waals surface area contributed by atoms with Crippen LogP contribution in [0.2, 0.25) is 0 Å². The highest BCUT2D eigenvalue weighted by Gasteiger charge is 2.60. The number of aliphatic carboxylic acids is 1. The summed E-state index contributed by atoms with van der Waals surface area (Å²) in [5.74, 6) is -2.29. The van der Waals surface area contributed by atoms with Crippen molar-refractivity contribution in [2.24, 2.45) is 17.6 Å². The summed E-state index contributed by atoms with van der Waals surface area (Å²) < 4.78 is 1.78. The Morgan fingerprint density at radius 3 is 2.80 bits per heavy atom. The van der Waals surface area contributed by atoms with Gasteiger partial charge in [-0.1, -0.05) is 12.1 Å². The number of carboxylic acids is 1. The number of hydrogen-bond acceptors (Lipinski definition) is 10. The summed E-state index contributed by atoms with van der Waals surface area (Å²) in [6.07, 6.45) is 3.18. The lowest BCUT2D eigenvalue weighted by molar-refractivity contribution is -0.158. The van der Waals surface area contributed by atoms with E-state index in [1.165, 1.54) is 16.7 Å². The highest BCUT2D eigenvalue weighted by atomic mass is 32.2. The molecule has 6 N–H and O–H groups in total. The number of carbonyl (C=O) groups excluding carboxylic acids is 3. The van der Waals surface area contributed by atoms with Crippen molar-refractivity contribution in [3.05, 3.63) is 22.5 Å². The van der Waals surface area contributed by atoms with Gasteiger partial charge in [0.25, 0.3) is 0 Å². The third-order valence-corrected chi connectivity index (χ3v) is 9.87. The number of likely N-dealkylation sites (tertiary alicyclic amines) is 1. The Morgan fingerprint density at radius 2 is 2.12 bits per heavy atom. The molecule has 3 fully saturated rings. The summed E-state index contributed by atoms with van der Waals surface area (Å²) in [5, 5.41) is 27.2. The molecular formula is C25H37N9O5S. The molecule has 0 bridgehead atoms. The minimum Gasteiger partial charge on any atom is -0.477 e. The van der Waals surface area contributed by atoms with Gasteiger partial charge in [0, 0.05) is 48.3 Å². The number of thioether (sulfide) groups is 1. The topological polar surface area (TPSA) is 188 Å². The molecule has 5 heterocycles. The van der Waals surface area contributed by atoms with Gasteiger partial charge in [-0.05, 0) is 26.8 Å². The fourth-order valence-electron chi connectivity index (χ4n) is 6.38. The van der Waals surface area contributed by atoms with Crippen LogP contribution in [0.25, 0.3) is 0 Å². The maximum absolute atomic E-state index is 13.3. The molecule has 4 aliphatic rings. The Balaban J connectivity index is 1.21. The fraction of sp³-hybridized carbons (Fsp3) is 0.680. The summed E-state index contributed by atoms with van der Waals surface area (Å²) in [4.78, 5) is 54.6. The first-order valence-corrected chi connectivity index (χ1v) is 14.6. The van der Waals surface area contributed by atoms with E-state index in [1.54, 1.807) is 18.7 Å². The zero-order chi connectivity index (χ0) is 28.7. The van der Waals surface area contributed by atoms with Crippen LogP contribution in [-0.2, 0) is 25.7 Å². The van der Waals surface area contributed by atoms with Crippen molar-refractivity contribution < 1.29 is 24.3 Å². The van der Waals surface area contributed by atoms with Crippen molar-refractivity contribution >= 4 is 35.5 Å². The van der Waals surface area contributed by atoms with E-state index in [9.17, 15) is 24.3 Å². The van der Waals surface area contributed by atoms with Gasteiger partial charge in [-0.25, -0.2) is 9.48 Å². The lowest BCUT2D eigenvalue weighted by Gasteiger charge is -2.47. The quantitative estimate of drug-likeness (QED) is 0.204. The van der Waals surface area contributed by atoms with Gasteiger partial charge in [-0.15, -0.1) is 16.9 Å². The molecule has 15 heteroatoms. The molecule has 3 amide bonds. The van der Waals surface area contributed by atoms with Gasteiger partial charge >= 0.3 is 5.97 Å². The second kappa shape index (κ2) is 11.5. The largest absolute Gasteiger partial charge is 0.477 e. The fourth-order valence-corrected chi connectivity index (χ4v) is 7.86. The molecular weight excluding hydrogens is 538 g/mol. The molecule has 0 saturated carbocycles. The number of fused-ring (bicyclic) bond motifs is 1. The first-order chi connectivity index (χ1) is 19.1. The summed E-state index contributed by atoms with van der Waals surface area (Å²) in [5.41, 5.74) is 6.37. The van der Waals surface area contributed by atoms with E-state index < -0.39 is 17.9 Å². The van der Waals surface area contributed by atoms with Gasteiger partial charge in [0.05, 0.1) is 42.5 Å². The molecule has 3 saturated heterocycles. The maximum atomic E-state index is 13.3. The van der Waals surface area contributed by atoms with Crippen LogP contribution >= 0.6 is 11.8 Å². The lowest BCUT2D eigenvalue weighted by Crippen LogP contribution is -2.66. The van der Waals surface area contributed by atoms with Gasteiger partial charge in [0.2, 0.25) is 17.7 Å². The van der Waals surface area contributed by atoms with Crippen LogP contribution in [0.1, 0.15) is 38.4 Å². The van der Waals surface area contributed by atoms with E-state index in [4.69, 9.17) is 5.73 Å². The number of aromatic nitrogens is 3. The van der Waals surface area contributed by atoms with Gasteiger partial charge < -0.3 is 36.6 Å². The van der Waals surface area contributed by atoms with Crippen LogP contribution in [-0.4, -0.2) is 110 Å². The third kappa shape index (κ3) is 5.10. The average Bonchev–Trinajstić information content (AvgIpc) is 3.70. The Labute approximate surface area is 236 Å². The van der Waals surface area contributed by atoms with Crippen LogP contribution < -0.4 is 21.7 Å². The number of nitrogens with one attached hydrogen (secondary N) is 3. The molecule has 0 spiro atoms. The van der Waals surface area contributed by atoms with Gasteiger partial charge in [-0.3, -0.25) is 14.4 Å². The van der Waals surface area contributed by atoms with Gasteiger partial charge in [0.15, 0.2) is 0 Å². The SMILES string of the molecule is CNCC(=O)N[C@H](C)[C@H]1C(=O)N2C(C(=O)O)=C(S[C@@H]3CN[C@H](C(=O)N4CC[C@H](n5cc(CN)nn5)C4)C3)[C@H](C)[C@H]12. The smallest absolute Gasteiger partial charge is 0.353 e. The lowest BCUT2D eigenvalue weighted by atomic mass is 9.78. The monoisotopic (exact) mass is 575 g/mol. The van der Waals surface area contributed by atoms with E-state index in [1.807, 2.05) is 18.0 Å². The standard InChI is InChI=1S/C25H37N9O5S/c1-12-20-19(13(2)29-18(35)9-27-3)24(37)34(20)21(25(38)39)22(12)40-16-6-17(28-8-16)23(36)32-5-4-15(11-32)33-10-14(7-26)30-31-33/h10,12-13,15-17,19-20,27-28H,4-9,11,26H2,1-3H3,(H,29,35)(H,38,39)/t12-,13-,15+,16+,17+,19-,20-/m1/s1. The number of hydrogen-bond donors (Lipinski definition) is 5. The Morgan fingerprint density at radius 1 is 1.35 bits per heavy atom. The number of nitrogens with two attached hydrogens (primary N) is 1. The number of carboxylic acid groups (broad SMARTS) is 1. The Hall–Kier alpha value is -3.01. The molecule has 0 radical (unpaired) electrons. The summed E-state index contributed by atoms with van der Waals surface area (Å²) >= 11 is 1.45.